The van der Waals surface area contributed by atoms with Crippen LogP contribution in [0.15, 0.2) is 18.2 Å². The maximum atomic E-state index is 12.2. The highest BCUT2D eigenvalue weighted by atomic mass is 16.2. The summed E-state index contributed by atoms with van der Waals surface area (Å²) < 4.78 is 0. The van der Waals surface area contributed by atoms with E-state index in [1.54, 1.807) is 17.0 Å². The Bertz CT molecular complexity index is 680. The second-order valence-corrected chi connectivity index (χ2v) is 6.88. The molecule has 1 aliphatic heterocycles. The first-order valence-corrected chi connectivity index (χ1v) is 9.07. The molecule has 0 atom stereocenters. The lowest BCUT2D eigenvalue weighted by molar-refractivity contribution is -0.136. The number of carbonyl (C=O) groups is 3. The summed E-state index contributed by atoms with van der Waals surface area (Å²) in [5.74, 6) is -1.26. The van der Waals surface area contributed by atoms with Crippen LogP contribution in [0.3, 0.4) is 0 Å². The van der Waals surface area contributed by atoms with Crippen LogP contribution in [0.1, 0.15) is 51.0 Å². The standard InChI is InChI=1S/C19H25N3O3/c1-13(23)22-11-5-6-14-9-10-16(12-17(14)22)21-19(25)18(24)20-15-7-3-2-4-8-15/h9-10,12,15H,2-8,11H2,1H3,(H,20,24)(H,21,25). The highest BCUT2D eigenvalue weighted by Crippen LogP contribution is 2.30. The number of hydrogen-bond donors (Lipinski definition) is 2. The molecular weight excluding hydrogens is 318 g/mol. The zero-order valence-corrected chi connectivity index (χ0v) is 14.6. The molecule has 25 heavy (non-hydrogen) atoms. The molecule has 2 aliphatic rings. The molecule has 3 amide bonds. The van der Waals surface area contributed by atoms with E-state index in [2.05, 4.69) is 10.6 Å². The first-order chi connectivity index (χ1) is 12.0. The van der Waals surface area contributed by atoms with Gasteiger partial charge in [-0.2, -0.15) is 0 Å². The minimum absolute atomic E-state index is 0.0144. The third-order valence-corrected chi connectivity index (χ3v) is 4.99. The number of benzene rings is 1. The number of carbonyl (C=O) groups excluding carboxylic acids is 3. The molecule has 0 aromatic heterocycles. The normalized spacial score (nSPS) is 17.6. The molecule has 1 aliphatic carbocycles. The van der Waals surface area contributed by atoms with E-state index in [1.165, 1.54) is 13.3 Å². The van der Waals surface area contributed by atoms with Crippen LogP contribution in [0.4, 0.5) is 11.4 Å². The van der Waals surface area contributed by atoms with E-state index in [0.717, 1.165) is 49.8 Å². The van der Waals surface area contributed by atoms with E-state index < -0.39 is 11.8 Å². The Kier molecular flexibility index (Phi) is 5.36. The fourth-order valence-electron chi connectivity index (χ4n) is 3.67. The number of anilines is 2. The van der Waals surface area contributed by atoms with Crippen molar-refractivity contribution in [3.8, 4) is 0 Å². The summed E-state index contributed by atoms with van der Waals surface area (Å²) in [6.07, 6.45) is 7.10. The molecule has 1 aromatic rings. The minimum atomic E-state index is -0.657. The summed E-state index contributed by atoms with van der Waals surface area (Å²) in [6.45, 7) is 2.22. The first-order valence-electron chi connectivity index (χ1n) is 9.07. The Labute approximate surface area is 148 Å². The average Bonchev–Trinajstić information content (AvgIpc) is 2.61. The van der Waals surface area contributed by atoms with Crippen molar-refractivity contribution in [2.75, 3.05) is 16.8 Å². The molecule has 0 spiro atoms. The Morgan fingerprint density at radius 3 is 2.52 bits per heavy atom. The SMILES string of the molecule is CC(=O)N1CCCc2ccc(NC(=O)C(=O)NC3CCCCC3)cc21. The van der Waals surface area contributed by atoms with Crippen LogP contribution in [-0.4, -0.2) is 30.3 Å². The van der Waals surface area contributed by atoms with Gasteiger partial charge in [0.2, 0.25) is 5.91 Å². The number of nitrogens with one attached hydrogen (secondary N) is 2. The van der Waals surface area contributed by atoms with Gasteiger partial charge in [-0.1, -0.05) is 25.3 Å². The van der Waals surface area contributed by atoms with E-state index in [4.69, 9.17) is 0 Å². The van der Waals surface area contributed by atoms with Gasteiger partial charge in [-0.25, -0.2) is 0 Å². The molecule has 0 bridgehead atoms. The fraction of sp³-hybridized carbons (Fsp3) is 0.526. The number of hydrogen-bond acceptors (Lipinski definition) is 3. The van der Waals surface area contributed by atoms with Gasteiger partial charge in [-0.3, -0.25) is 14.4 Å². The molecule has 1 heterocycles. The minimum Gasteiger partial charge on any atom is -0.345 e. The molecule has 1 aromatic carbocycles. The largest absolute Gasteiger partial charge is 0.345 e. The number of fused-ring (bicyclic) bond motifs is 1. The smallest absolute Gasteiger partial charge is 0.313 e. The van der Waals surface area contributed by atoms with E-state index in [1.807, 2.05) is 6.07 Å². The Hall–Kier alpha value is -2.37. The van der Waals surface area contributed by atoms with Crippen LogP contribution < -0.4 is 15.5 Å². The summed E-state index contributed by atoms with van der Waals surface area (Å²) in [6, 6.07) is 5.58. The van der Waals surface area contributed by atoms with Crippen molar-refractivity contribution in [1.29, 1.82) is 0 Å². The van der Waals surface area contributed by atoms with Crippen LogP contribution in [-0.2, 0) is 20.8 Å². The van der Waals surface area contributed by atoms with Crippen LogP contribution >= 0.6 is 0 Å². The molecular formula is C19H25N3O3. The highest BCUT2D eigenvalue weighted by Gasteiger charge is 2.23. The molecule has 0 radical (unpaired) electrons. The molecule has 2 N–H and O–H groups in total. The van der Waals surface area contributed by atoms with Gasteiger partial charge in [0.25, 0.3) is 0 Å². The van der Waals surface area contributed by atoms with Crippen molar-refractivity contribution < 1.29 is 14.4 Å². The van der Waals surface area contributed by atoms with Gasteiger partial charge in [0.15, 0.2) is 0 Å². The monoisotopic (exact) mass is 343 g/mol. The summed E-state index contributed by atoms with van der Waals surface area (Å²) in [5.41, 5.74) is 2.45. The quantitative estimate of drug-likeness (QED) is 0.809. The predicted octanol–water partition coefficient (Wildman–Crippen LogP) is 2.37. The summed E-state index contributed by atoms with van der Waals surface area (Å²) in [4.78, 5) is 37.8. The number of nitrogens with zero attached hydrogens (tertiary/aromatic N) is 1. The lowest BCUT2D eigenvalue weighted by Crippen LogP contribution is -2.42. The third-order valence-electron chi connectivity index (χ3n) is 4.99. The van der Waals surface area contributed by atoms with Gasteiger partial charge in [0.1, 0.15) is 0 Å². The summed E-state index contributed by atoms with van der Waals surface area (Å²) >= 11 is 0. The zero-order valence-electron chi connectivity index (χ0n) is 14.6. The van der Waals surface area contributed by atoms with Crippen molar-refractivity contribution in [3.05, 3.63) is 23.8 Å². The maximum absolute atomic E-state index is 12.2. The van der Waals surface area contributed by atoms with Gasteiger partial charge in [0, 0.05) is 30.9 Å². The van der Waals surface area contributed by atoms with Gasteiger partial charge in [-0.15, -0.1) is 0 Å². The van der Waals surface area contributed by atoms with Crippen LogP contribution in [0, 0.1) is 0 Å². The van der Waals surface area contributed by atoms with E-state index in [0.29, 0.717) is 12.2 Å². The lowest BCUT2D eigenvalue weighted by Gasteiger charge is -2.29. The number of rotatable bonds is 2. The molecule has 134 valence electrons. The second-order valence-electron chi connectivity index (χ2n) is 6.88. The van der Waals surface area contributed by atoms with Crippen molar-refractivity contribution in [2.45, 2.75) is 57.9 Å². The van der Waals surface area contributed by atoms with Gasteiger partial charge >= 0.3 is 11.8 Å². The van der Waals surface area contributed by atoms with Gasteiger partial charge in [0.05, 0.1) is 0 Å². The third kappa shape index (κ3) is 4.18. The highest BCUT2D eigenvalue weighted by molar-refractivity contribution is 6.39. The fourth-order valence-corrected chi connectivity index (χ4v) is 3.67. The van der Waals surface area contributed by atoms with Crippen molar-refractivity contribution in [1.82, 2.24) is 5.32 Å². The van der Waals surface area contributed by atoms with Crippen molar-refractivity contribution in [3.63, 3.8) is 0 Å². The average molecular weight is 343 g/mol. The number of amides is 3. The lowest BCUT2D eigenvalue weighted by atomic mass is 9.95. The molecule has 6 heteroatoms. The second kappa shape index (κ2) is 7.68. The van der Waals surface area contributed by atoms with E-state index >= 15 is 0 Å². The molecule has 3 rings (SSSR count). The van der Waals surface area contributed by atoms with Gasteiger partial charge < -0.3 is 15.5 Å². The maximum Gasteiger partial charge on any atom is 0.313 e. The van der Waals surface area contributed by atoms with Crippen LogP contribution in [0.2, 0.25) is 0 Å². The topological polar surface area (TPSA) is 78.5 Å². The zero-order chi connectivity index (χ0) is 17.8. The van der Waals surface area contributed by atoms with Crippen LogP contribution in [0.5, 0.6) is 0 Å². The predicted molar refractivity (Wildman–Crippen MR) is 96.4 cm³/mol. The first kappa shape index (κ1) is 17.5. The molecule has 6 nitrogen and oxygen atoms in total. The Morgan fingerprint density at radius 2 is 1.80 bits per heavy atom. The summed E-state index contributed by atoms with van der Waals surface area (Å²) in [5, 5.41) is 5.46. The van der Waals surface area contributed by atoms with E-state index in [9.17, 15) is 14.4 Å². The molecule has 1 fully saturated rings. The Morgan fingerprint density at radius 1 is 1.04 bits per heavy atom. The summed E-state index contributed by atoms with van der Waals surface area (Å²) in [7, 11) is 0. The van der Waals surface area contributed by atoms with Gasteiger partial charge in [-0.05, 0) is 43.4 Å². The molecule has 0 unspecified atom stereocenters. The van der Waals surface area contributed by atoms with Crippen molar-refractivity contribution in [2.24, 2.45) is 0 Å². The molecule has 1 saturated carbocycles. The number of aryl methyl sites for hydroxylation is 1. The Balaban J connectivity index is 1.66. The molecule has 0 saturated heterocycles. The van der Waals surface area contributed by atoms with Crippen molar-refractivity contribution >= 4 is 29.1 Å². The van der Waals surface area contributed by atoms with E-state index in [-0.39, 0.29) is 11.9 Å². The van der Waals surface area contributed by atoms with Crippen LogP contribution in [0.25, 0.3) is 0 Å².